The molecule has 1 N–H and O–H groups in total. The van der Waals surface area contributed by atoms with Gasteiger partial charge in [-0.15, -0.1) is 0 Å². The van der Waals surface area contributed by atoms with Gasteiger partial charge in [0.25, 0.3) is 0 Å². The first-order chi connectivity index (χ1) is 10.4. The number of β-amino-alcohol motifs (C(OH)–C–C–N with tert-alkyl or cyclic N) is 1. The number of hydrogen-bond acceptors (Lipinski definition) is 4. The van der Waals surface area contributed by atoms with Gasteiger partial charge in [-0.3, -0.25) is 4.90 Å². The van der Waals surface area contributed by atoms with Gasteiger partial charge < -0.3 is 14.7 Å². The van der Waals surface area contributed by atoms with Crippen molar-refractivity contribution in [3.63, 3.8) is 0 Å². The summed E-state index contributed by atoms with van der Waals surface area (Å²) in [5.74, 6) is 0.973. The summed E-state index contributed by atoms with van der Waals surface area (Å²) >= 11 is 0. The molecule has 0 saturated carbocycles. The molecule has 0 radical (unpaired) electrons. The van der Waals surface area contributed by atoms with E-state index in [0.717, 1.165) is 44.8 Å². The van der Waals surface area contributed by atoms with Crippen LogP contribution in [0.3, 0.4) is 0 Å². The number of likely N-dealkylation sites (tertiary alicyclic amines) is 1. The minimum Gasteiger partial charge on any atom is -0.492 e. The standard InChI is InChI=1S/C18H30N2O2/c1-15-7-5-8-17(16(15)2)22-12-11-20-10-6-9-18(21,14-20)13-19(3)4/h5,7-8,21H,6,9-14H2,1-4H3. The van der Waals surface area contributed by atoms with Gasteiger partial charge in [0.1, 0.15) is 12.4 Å². The molecule has 124 valence electrons. The van der Waals surface area contributed by atoms with Crippen LogP contribution in [0.2, 0.25) is 0 Å². The van der Waals surface area contributed by atoms with Crippen LogP contribution in [0.1, 0.15) is 24.0 Å². The zero-order chi connectivity index (χ0) is 16.2. The molecule has 1 atom stereocenters. The Labute approximate surface area is 134 Å². The van der Waals surface area contributed by atoms with Crippen LogP contribution in [-0.4, -0.2) is 67.4 Å². The first-order valence-corrected chi connectivity index (χ1v) is 8.18. The third-order valence-corrected chi connectivity index (χ3v) is 4.46. The highest BCUT2D eigenvalue weighted by Gasteiger charge is 2.33. The molecular formula is C18H30N2O2. The smallest absolute Gasteiger partial charge is 0.122 e. The topological polar surface area (TPSA) is 35.9 Å². The number of aliphatic hydroxyl groups is 1. The number of hydrogen-bond donors (Lipinski definition) is 1. The summed E-state index contributed by atoms with van der Waals surface area (Å²) in [5.41, 5.74) is 1.89. The molecule has 1 heterocycles. The molecule has 1 aromatic carbocycles. The van der Waals surface area contributed by atoms with Crippen LogP contribution in [0.15, 0.2) is 18.2 Å². The van der Waals surface area contributed by atoms with Gasteiger partial charge in [-0.2, -0.15) is 0 Å². The third-order valence-electron chi connectivity index (χ3n) is 4.46. The highest BCUT2D eigenvalue weighted by Crippen LogP contribution is 2.23. The number of benzene rings is 1. The summed E-state index contributed by atoms with van der Waals surface area (Å²) < 4.78 is 5.94. The van der Waals surface area contributed by atoms with Gasteiger partial charge in [-0.1, -0.05) is 12.1 Å². The molecule has 1 aliphatic rings. The van der Waals surface area contributed by atoms with Crippen LogP contribution in [0, 0.1) is 13.8 Å². The van der Waals surface area contributed by atoms with E-state index in [-0.39, 0.29) is 0 Å². The average Bonchev–Trinajstić information content (AvgIpc) is 2.42. The van der Waals surface area contributed by atoms with E-state index >= 15 is 0 Å². The van der Waals surface area contributed by atoms with Crippen molar-refractivity contribution in [2.45, 2.75) is 32.3 Å². The van der Waals surface area contributed by atoms with Crippen molar-refractivity contribution in [2.24, 2.45) is 0 Å². The largest absolute Gasteiger partial charge is 0.492 e. The van der Waals surface area contributed by atoms with Crippen molar-refractivity contribution in [1.29, 1.82) is 0 Å². The lowest BCUT2D eigenvalue weighted by molar-refractivity contribution is -0.0477. The number of piperidine rings is 1. The van der Waals surface area contributed by atoms with E-state index in [1.54, 1.807) is 0 Å². The summed E-state index contributed by atoms with van der Waals surface area (Å²) in [4.78, 5) is 4.38. The summed E-state index contributed by atoms with van der Waals surface area (Å²) in [6.45, 7) is 8.25. The highest BCUT2D eigenvalue weighted by atomic mass is 16.5. The lowest BCUT2D eigenvalue weighted by Crippen LogP contribution is -2.53. The maximum Gasteiger partial charge on any atom is 0.122 e. The summed E-state index contributed by atoms with van der Waals surface area (Å²) in [6.07, 6.45) is 1.94. The first-order valence-electron chi connectivity index (χ1n) is 8.18. The normalized spacial score (nSPS) is 23.0. The Bertz CT molecular complexity index is 490. The van der Waals surface area contributed by atoms with Gasteiger partial charge in [-0.25, -0.2) is 0 Å². The number of aryl methyl sites for hydroxylation is 1. The van der Waals surface area contributed by atoms with Crippen LogP contribution in [0.4, 0.5) is 0 Å². The van der Waals surface area contributed by atoms with Crippen molar-refractivity contribution < 1.29 is 9.84 Å². The van der Waals surface area contributed by atoms with E-state index in [4.69, 9.17) is 4.74 Å². The molecule has 0 aliphatic carbocycles. The second kappa shape index (κ2) is 7.44. The van der Waals surface area contributed by atoms with Gasteiger partial charge in [-0.05, 0) is 64.5 Å². The average molecular weight is 306 g/mol. The first kappa shape index (κ1) is 17.3. The molecule has 1 saturated heterocycles. The SMILES string of the molecule is Cc1cccc(OCCN2CCCC(O)(CN(C)C)C2)c1C. The number of likely N-dealkylation sites (N-methyl/N-ethyl adjacent to an activating group) is 1. The van der Waals surface area contributed by atoms with Crippen LogP contribution >= 0.6 is 0 Å². The fourth-order valence-electron chi connectivity index (χ4n) is 3.28. The number of rotatable bonds is 6. The molecule has 0 aromatic heterocycles. The molecular weight excluding hydrogens is 276 g/mol. The minimum atomic E-state index is -0.582. The second-order valence-corrected chi connectivity index (χ2v) is 6.89. The van der Waals surface area contributed by atoms with Gasteiger partial charge >= 0.3 is 0 Å². The van der Waals surface area contributed by atoms with Crippen LogP contribution in [0.25, 0.3) is 0 Å². The van der Waals surface area contributed by atoms with E-state index in [1.807, 2.05) is 26.2 Å². The van der Waals surface area contributed by atoms with Crippen molar-refractivity contribution in [1.82, 2.24) is 9.80 Å². The van der Waals surface area contributed by atoms with Gasteiger partial charge in [0.05, 0.1) is 5.60 Å². The summed E-state index contributed by atoms with van der Waals surface area (Å²) in [7, 11) is 4.03. The van der Waals surface area contributed by atoms with Crippen LogP contribution in [0.5, 0.6) is 5.75 Å². The van der Waals surface area contributed by atoms with Crippen molar-refractivity contribution in [3.8, 4) is 5.75 Å². The molecule has 4 heteroatoms. The van der Waals surface area contributed by atoms with Gasteiger partial charge in [0.15, 0.2) is 0 Å². The Kier molecular flexibility index (Phi) is 5.84. The molecule has 0 amide bonds. The predicted octanol–water partition coefficient (Wildman–Crippen LogP) is 2.07. The summed E-state index contributed by atoms with van der Waals surface area (Å²) in [5, 5.41) is 10.7. The molecule has 1 unspecified atom stereocenters. The Hall–Kier alpha value is -1.10. The Balaban J connectivity index is 1.83. The molecule has 1 aliphatic heterocycles. The van der Waals surface area contributed by atoms with Crippen molar-refractivity contribution in [2.75, 3.05) is 46.9 Å². The van der Waals surface area contributed by atoms with E-state index < -0.39 is 5.60 Å². The quantitative estimate of drug-likeness (QED) is 0.873. The van der Waals surface area contributed by atoms with E-state index in [0.29, 0.717) is 6.61 Å². The Morgan fingerprint density at radius 3 is 2.82 bits per heavy atom. The third kappa shape index (κ3) is 4.70. The number of ether oxygens (including phenoxy) is 1. The predicted molar refractivity (Wildman–Crippen MR) is 90.6 cm³/mol. The molecule has 2 rings (SSSR count). The molecule has 1 aromatic rings. The van der Waals surface area contributed by atoms with Crippen molar-refractivity contribution >= 4 is 0 Å². The lowest BCUT2D eigenvalue weighted by atomic mass is 9.92. The fourth-order valence-corrected chi connectivity index (χ4v) is 3.28. The molecule has 0 bridgehead atoms. The second-order valence-electron chi connectivity index (χ2n) is 6.89. The number of nitrogens with zero attached hydrogens (tertiary/aromatic N) is 2. The van der Waals surface area contributed by atoms with E-state index in [1.165, 1.54) is 11.1 Å². The maximum atomic E-state index is 10.7. The minimum absolute atomic E-state index is 0.582. The van der Waals surface area contributed by atoms with Gasteiger partial charge in [0.2, 0.25) is 0 Å². The zero-order valence-electron chi connectivity index (χ0n) is 14.4. The van der Waals surface area contributed by atoms with Crippen molar-refractivity contribution in [3.05, 3.63) is 29.3 Å². The van der Waals surface area contributed by atoms with E-state index in [2.05, 4.69) is 29.7 Å². The molecule has 22 heavy (non-hydrogen) atoms. The zero-order valence-corrected chi connectivity index (χ0v) is 14.4. The maximum absolute atomic E-state index is 10.7. The lowest BCUT2D eigenvalue weighted by Gasteiger charge is -2.40. The highest BCUT2D eigenvalue weighted by molar-refractivity contribution is 5.38. The van der Waals surface area contributed by atoms with E-state index in [9.17, 15) is 5.11 Å². The monoisotopic (exact) mass is 306 g/mol. The Morgan fingerprint density at radius 2 is 2.09 bits per heavy atom. The Morgan fingerprint density at radius 1 is 1.32 bits per heavy atom. The van der Waals surface area contributed by atoms with Crippen LogP contribution < -0.4 is 4.74 Å². The molecule has 0 spiro atoms. The summed E-state index contributed by atoms with van der Waals surface area (Å²) in [6, 6.07) is 6.17. The molecule has 4 nitrogen and oxygen atoms in total. The molecule has 1 fully saturated rings. The van der Waals surface area contributed by atoms with Crippen LogP contribution in [-0.2, 0) is 0 Å². The van der Waals surface area contributed by atoms with Gasteiger partial charge in [0, 0.05) is 19.6 Å². The fraction of sp³-hybridized carbons (Fsp3) is 0.667.